The lowest BCUT2D eigenvalue weighted by molar-refractivity contribution is 0.314. The number of furan rings is 1. The molecular formula is C21H23N3O2. The quantitative estimate of drug-likeness (QED) is 0.717. The van der Waals surface area contributed by atoms with Gasteiger partial charge in [0.2, 0.25) is 0 Å². The number of aryl methyl sites for hydroxylation is 2. The zero-order chi connectivity index (χ0) is 18.1. The summed E-state index contributed by atoms with van der Waals surface area (Å²) in [6, 6.07) is 3.63. The number of hydrogen-bond acceptors (Lipinski definition) is 4. The van der Waals surface area contributed by atoms with Gasteiger partial charge in [-0.3, -0.25) is 9.58 Å². The van der Waals surface area contributed by atoms with Crippen LogP contribution >= 0.6 is 0 Å². The van der Waals surface area contributed by atoms with Gasteiger partial charge < -0.3 is 9.52 Å². The van der Waals surface area contributed by atoms with Gasteiger partial charge in [-0.25, -0.2) is 0 Å². The Morgan fingerprint density at radius 3 is 3.00 bits per heavy atom. The van der Waals surface area contributed by atoms with Crippen LogP contribution in [0.2, 0.25) is 0 Å². The first-order chi connectivity index (χ1) is 12.7. The summed E-state index contributed by atoms with van der Waals surface area (Å²) < 4.78 is 7.81. The number of nitrogens with zero attached hydrogens (tertiary/aromatic N) is 3. The monoisotopic (exact) mass is 349 g/mol. The van der Waals surface area contributed by atoms with E-state index in [1.165, 1.54) is 18.4 Å². The van der Waals surface area contributed by atoms with Crippen molar-refractivity contribution in [2.75, 3.05) is 7.05 Å². The Bertz CT molecular complexity index is 977. The molecule has 0 aliphatic heterocycles. The SMILES string of the molecule is C#CCn1cc(CN(C)Cc2c(O)ccc3oc4c(c23)CCCC4)cn1. The number of hydrogen-bond donors (Lipinski definition) is 1. The first-order valence-electron chi connectivity index (χ1n) is 9.04. The van der Waals surface area contributed by atoms with Crippen molar-refractivity contribution < 1.29 is 9.52 Å². The first kappa shape index (κ1) is 16.7. The molecule has 2 heterocycles. The number of phenols is 1. The molecule has 1 N–H and O–H groups in total. The van der Waals surface area contributed by atoms with Crippen molar-refractivity contribution in [1.82, 2.24) is 14.7 Å². The molecule has 0 saturated heterocycles. The Hall–Kier alpha value is -2.71. The molecule has 0 unspecified atom stereocenters. The summed E-state index contributed by atoms with van der Waals surface area (Å²) >= 11 is 0. The fourth-order valence-electron chi connectivity index (χ4n) is 3.88. The van der Waals surface area contributed by atoms with E-state index < -0.39 is 0 Å². The van der Waals surface area contributed by atoms with Crippen LogP contribution in [0.15, 0.2) is 28.9 Å². The second-order valence-electron chi connectivity index (χ2n) is 7.07. The summed E-state index contributed by atoms with van der Waals surface area (Å²) in [6.45, 7) is 1.86. The van der Waals surface area contributed by atoms with E-state index in [9.17, 15) is 5.11 Å². The molecule has 0 amide bonds. The van der Waals surface area contributed by atoms with Gasteiger partial charge in [0.15, 0.2) is 0 Å². The Balaban J connectivity index is 1.60. The normalized spacial score (nSPS) is 13.9. The molecule has 5 nitrogen and oxygen atoms in total. The molecule has 5 heteroatoms. The Morgan fingerprint density at radius 2 is 2.15 bits per heavy atom. The van der Waals surface area contributed by atoms with E-state index in [0.717, 1.165) is 47.2 Å². The number of phenolic OH excluding ortho intramolecular Hbond substituents is 1. The first-order valence-corrected chi connectivity index (χ1v) is 9.04. The van der Waals surface area contributed by atoms with Crippen LogP contribution in [0, 0.1) is 12.3 Å². The molecule has 3 aromatic rings. The van der Waals surface area contributed by atoms with Crippen molar-refractivity contribution in [2.45, 2.75) is 45.3 Å². The molecular weight excluding hydrogens is 326 g/mol. The van der Waals surface area contributed by atoms with Crippen LogP contribution in [0.5, 0.6) is 5.75 Å². The second kappa shape index (κ2) is 6.89. The summed E-state index contributed by atoms with van der Waals surface area (Å²) in [7, 11) is 2.04. The highest BCUT2D eigenvalue weighted by molar-refractivity contribution is 5.88. The van der Waals surface area contributed by atoms with Crippen LogP contribution in [0.4, 0.5) is 0 Å². The van der Waals surface area contributed by atoms with E-state index in [0.29, 0.717) is 18.8 Å². The van der Waals surface area contributed by atoms with Gasteiger partial charge in [0.25, 0.3) is 0 Å². The number of aromatic hydroxyl groups is 1. The van der Waals surface area contributed by atoms with Gasteiger partial charge >= 0.3 is 0 Å². The summed E-state index contributed by atoms with van der Waals surface area (Å²) in [5.41, 5.74) is 4.23. The maximum absolute atomic E-state index is 10.5. The average molecular weight is 349 g/mol. The zero-order valence-corrected chi connectivity index (χ0v) is 15.0. The highest BCUT2D eigenvalue weighted by Gasteiger charge is 2.22. The van der Waals surface area contributed by atoms with Crippen molar-refractivity contribution in [3.8, 4) is 18.1 Å². The summed E-state index contributed by atoms with van der Waals surface area (Å²) in [6.07, 6.45) is 13.5. The molecule has 2 aromatic heterocycles. The molecule has 4 rings (SSSR count). The van der Waals surface area contributed by atoms with Gasteiger partial charge in [-0.2, -0.15) is 5.10 Å². The summed E-state index contributed by atoms with van der Waals surface area (Å²) in [5.74, 6) is 4.02. The molecule has 0 radical (unpaired) electrons. The van der Waals surface area contributed by atoms with Gasteiger partial charge in [0.05, 0.1) is 6.20 Å². The van der Waals surface area contributed by atoms with Crippen LogP contribution in [0.25, 0.3) is 11.0 Å². The van der Waals surface area contributed by atoms with E-state index in [1.807, 2.05) is 25.5 Å². The van der Waals surface area contributed by atoms with Gasteiger partial charge in [0.1, 0.15) is 23.6 Å². The lowest BCUT2D eigenvalue weighted by Crippen LogP contribution is -2.17. The molecule has 26 heavy (non-hydrogen) atoms. The third-order valence-electron chi connectivity index (χ3n) is 5.02. The number of rotatable bonds is 5. The van der Waals surface area contributed by atoms with Crippen molar-refractivity contribution in [3.05, 3.63) is 47.0 Å². The molecule has 0 atom stereocenters. The predicted molar refractivity (Wildman–Crippen MR) is 101 cm³/mol. The number of terminal acetylenes is 1. The van der Waals surface area contributed by atoms with Crippen LogP contribution in [-0.4, -0.2) is 26.8 Å². The molecule has 1 aromatic carbocycles. The molecule has 0 spiro atoms. The zero-order valence-electron chi connectivity index (χ0n) is 15.0. The molecule has 1 aliphatic carbocycles. The Kier molecular flexibility index (Phi) is 4.44. The number of benzene rings is 1. The Labute approximate surface area is 153 Å². The topological polar surface area (TPSA) is 54.4 Å². The molecule has 0 fully saturated rings. The highest BCUT2D eigenvalue weighted by atomic mass is 16.3. The van der Waals surface area contributed by atoms with Crippen molar-refractivity contribution in [2.24, 2.45) is 0 Å². The standard InChI is InChI=1S/C21H23N3O2/c1-3-10-24-13-15(11-22-24)12-23(2)14-17-18(25)8-9-20-21(17)16-6-4-5-7-19(16)26-20/h1,8-9,11,13,25H,4-7,10,12,14H2,2H3. The van der Waals surface area contributed by atoms with E-state index >= 15 is 0 Å². The molecule has 1 aliphatic rings. The second-order valence-corrected chi connectivity index (χ2v) is 7.07. The fraction of sp³-hybridized carbons (Fsp3) is 0.381. The smallest absolute Gasteiger partial charge is 0.135 e. The van der Waals surface area contributed by atoms with Gasteiger partial charge in [0, 0.05) is 47.8 Å². The predicted octanol–water partition coefficient (Wildman–Crippen LogP) is 3.48. The van der Waals surface area contributed by atoms with Gasteiger partial charge in [-0.15, -0.1) is 6.42 Å². The van der Waals surface area contributed by atoms with Crippen LogP contribution in [0.1, 0.15) is 35.3 Å². The van der Waals surface area contributed by atoms with E-state index in [2.05, 4.69) is 15.9 Å². The van der Waals surface area contributed by atoms with Crippen LogP contribution in [-0.2, 0) is 32.5 Å². The third-order valence-corrected chi connectivity index (χ3v) is 5.02. The maximum Gasteiger partial charge on any atom is 0.135 e. The van der Waals surface area contributed by atoms with Crippen molar-refractivity contribution in [3.63, 3.8) is 0 Å². The highest BCUT2D eigenvalue weighted by Crippen LogP contribution is 2.37. The largest absolute Gasteiger partial charge is 0.508 e. The fourth-order valence-corrected chi connectivity index (χ4v) is 3.88. The number of fused-ring (bicyclic) bond motifs is 3. The lowest BCUT2D eigenvalue weighted by atomic mass is 9.93. The minimum Gasteiger partial charge on any atom is -0.508 e. The van der Waals surface area contributed by atoms with Gasteiger partial charge in [-0.05, 0) is 38.4 Å². The Morgan fingerprint density at radius 1 is 1.31 bits per heavy atom. The summed E-state index contributed by atoms with van der Waals surface area (Å²) in [4.78, 5) is 2.17. The lowest BCUT2D eigenvalue weighted by Gasteiger charge is -2.18. The number of aromatic nitrogens is 2. The summed E-state index contributed by atoms with van der Waals surface area (Å²) in [5, 5.41) is 15.9. The third kappa shape index (κ3) is 3.09. The van der Waals surface area contributed by atoms with Crippen molar-refractivity contribution in [1.29, 1.82) is 0 Å². The van der Waals surface area contributed by atoms with E-state index in [4.69, 9.17) is 10.8 Å². The van der Waals surface area contributed by atoms with E-state index in [-0.39, 0.29) is 0 Å². The maximum atomic E-state index is 10.5. The molecule has 0 bridgehead atoms. The minimum absolute atomic E-state index is 0.335. The average Bonchev–Trinajstić information content (AvgIpc) is 3.22. The van der Waals surface area contributed by atoms with E-state index in [1.54, 1.807) is 10.7 Å². The minimum atomic E-state index is 0.335. The van der Waals surface area contributed by atoms with Crippen LogP contribution in [0.3, 0.4) is 0 Å². The molecule has 0 saturated carbocycles. The van der Waals surface area contributed by atoms with Gasteiger partial charge in [-0.1, -0.05) is 5.92 Å². The molecule has 134 valence electrons. The van der Waals surface area contributed by atoms with Crippen LogP contribution < -0.4 is 0 Å². The van der Waals surface area contributed by atoms with Crippen molar-refractivity contribution >= 4 is 11.0 Å².